The molecule has 1 heterocycles. The zero-order valence-corrected chi connectivity index (χ0v) is 17.5. The van der Waals surface area contributed by atoms with Crippen LogP contribution in [0.2, 0.25) is 0 Å². The number of rotatable bonds is 7. The highest BCUT2D eigenvalue weighted by atomic mass is 32.2. The topological polar surface area (TPSA) is 69.6 Å². The molecular formula is C22H30N2O3S. The molecule has 0 radical (unpaired) electrons. The van der Waals surface area contributed by atoms with Gasteiger partial charge in [0.1, 0.15) is 0 Å². The van der Waals surface area contributed by atoms with Crippen molar-refractivity contribution < 1.29 is 13.5 Å². The highest BCUT2D eigenvalue weighted by Gasteiger charge is 2.26. The van der Waals surface area contributed by atoms with E-state index in [2.05, 4.69) is 22.6 Å². The summed E-state index contributed by atoms with van der Waals surface area (Å²) in [5, 5.41) is 12.1. The first-order valence-electron chi connectivity index (χ1n) is 10.0. The quantitative estimate of drug-likeness (QED) is 0.742. The van der Waals surface area contributed by atoms with E-state index >= 15 is 0 Å². The molecule has 0 aliphatic carbocycles. The molecule has 2 aromatic rings. The van der Waals surface area contributed by atoms with Gasteiger partial charge in [-0.2, -0.15) is 0 Å². The smallest absolute Gasteiger partial charge is 0.241 e. The van der Waals surface area contributed by atoms with E-state index in [9.17, 15) is 13.5 Å². The Morgan fingerprint density at radius 1 is 1.25 bits per heavy atom. The van der Waals surface area contributed by atoms with Gasteiger partial charge in [-0.1, -0.05) is 49.4 Å². The molecule has 2 aromatic carbocycles. The summed E-state index contributed by atoms with van der Waals surface area (Å²) in [5.41, 5.74) is 1.24. The third kappa shape index (κ3) is 4.57. The number of aliphatic hydroxyl groups is 1. The number of likely N-dealkylation sites (tertiary alicyclic amines) is 1. The molecule has 0 saturated carbocycles. The van der Waals surface area contributed by atoms with Gasteiger partial charge in [-0.3, -0.25) is 0 Å². The number of piperidine rings is 1. The number of hydrogen-bond donors (Lipinski definition) is 2. The van der Waals surface area contributed by atoms with E-state index in [0.717, 1.165) is 24.6 Å². The van der Waals surface area contributed by atoms with Gasteiger partial charge in [0.2, 0.25) is 10.0 Å². The average Bonchev–Trinajstić information content (AvgIpc) is 2.72. The first kappa shape index (κ1) is 20.8. The van der Waals surface area contributed by atoms with Crippen molar-refractivity contribution in [3.05, 3.63) is 54.2 Å². The van der Waals surface area contributed by atoms with Gasteiger partial charge >= 0.3 is 0 Å². The van der Waals surface area contributed by atoms with E-state index in [-0.39, 0.29) is 11.4 Å². The fraction of sp³-hybridized carbons (Fsp3) is 0.455. The van der Waals surface area contributed by atoms with E-state index in [1.165, 1.54) is 12.1 Å². The van der Waals surface area contributed by atoms with Crippen molar-refractivity contribution in [1.82, 2.24) is 9.62 Å². The van der Waals surface area contributed by atoms with Gasteiger partial charge in [0, 0.05) is 30.2 Å². The maximum atomic E-state index is 12.8. The number of nitrogens with one attached hydrogen (secondary N) is 1. The lowest BCUT2D eigenvalue weighted by atomic mass is 9.96. The molecule has 0 bridgehead atoms. The molecule has 6 heteroatoms. The summed E-state index contributed by atoms with van der Waals surface area (Å²) < 4.78 is 28.3. The van der Waals surface area contributed by atoms with Crippen molar-refractivity contribution in [2.45, 2.75) is 56.6 Å². The van der Waals surface area contributed by atoms with Crippen LogP contribution in [0.5, 0.6) is 0 Å². The minimum Gasteiger partial charge on any atom is -0.390 e. The average molecular weight is 403 g/mol. The van der Waals surface area contributed by atoms with Gasteiger partial charge in [-0.05, 0) is 44.1 Å². The summed E-state index contributed by atoms with van der Waals surface area (Å²) in [5.74, 6) is 0. The molecule has 1 saturated heterocycles. The molecule has 5 nitrogen and oxygen atoms in total. The Bertz CT molecular complexity index is 934. The van der Waals surface area contributed by atoms with Crippen LogP contribution >= 0.6 is 0 Å². The number of fused-ring (bicyclic) bond motifs is 1. The number of β-amino-alcohol motifs (C(OH)–C–C–N with tert-alkyl or cyclic N) is 1. The maximum Gasteiger partial charge on any atom is 0.241 e. The van der Waals surface area contributed by atoms with Crippen LogP contribution in [0.15, 0.2) is 59.1 Å². The van der Waals surface area contributed by atoms with Gasteiger partial charge in [0.25, 0.3) is 0 Å². The SMILES string of the molecule is C/C=C1\CCC[C@@H](CC)N1C[C@@H](O)CNS(=O)(=O)c1cccc2ccccc12. The van der Waals surface area contributed by atoms with Gasteiger partial charge in [0.15, 0.2) is 0 Å². The zero-order valence-electron chi connectivity index (χ0n) is 16.6. The Balaban J connectivity index is 1.70. The fourth-order valence-corrected chi connectivity index (χ4v) is 5.36. The molecule has 28 heavy (non-hydrogen) atoms. The second-order valence-electron chi connectivity index (χ2n) is 7.37. The molecule has 0 aromatic heterocycles. The number of allylic oxidation sites excluding steroid dienone is 2. The normalized spacial score (nSPS) is 20.6. The monoisotopic (exact) mass is 402 g/mol. The first-order valence-corrected chi connectivity index (χ1v) is 11.5. The second-order valence-corrected chi connectivity index (χ2v) is 9.11. The molecule has 2 N–H and O–H groups in total. The minimum absolute atomic E-state index is 0.00448. The van der Waals surface area contributed by atoms with E-state index in [4.69, 9.17) is 0 Å². The molecular weight excluding hydrogens is 372 g/mol. The second kappa shape index (κ2) is 9.07. The van der Waals surface area contributed by atoms with E-state index in [0.29, 0.717) is 18.0 Å². The number of benzene rings is 2. The Morgan fingerprint density at radius 3 is 2.75 bits per heavy atom. The predicted molar refractivity (Wildman–Crippen MR) is 114 cm³/mol. The summed E-state index contributed by atoms with van der Waals surface area (Å²) >= 11 is 0. The number of nitrogens with zero attached hydrogens (tertiary/aromatic N) is 1. The zero-order chi connectivity index (χ0) is 20.1. The van der Waals surface area contributed by atoms with E-state index in [1.807, 2.05) is 31.2 Å². The molecule has 0 unspecified atom stereocenters. The van der Waals surface area contributed by atoms with Crippen LogP contribution in [0.1, 0.15) is 39.5 Å². The highest BCUT2D eigenvalue weighted by molar-refractivity contribution is 7.89. The third-order valence-electron chi connectivity index (χ3n) is 5.54. The lowest BCUT2D eigenvalue weighted by Crippen LogP contribution is -2.45. The van der Waals surface area contributed by atoms with Crippen LogP contribution in [-0.4, -0.2) is 43.7 Å². The van der Waals surface area contributed by atoms with Gasteiger partial charge in [-0.25, -0.2) is 13.1 Å². The number of hydrogen-bond acceptors (Lipinski definition) is 4. The van der Waals surface area contributed by atoms with Crippen molar-refractivity contribution in [1.29, 1.82) is 0 Å². The van der Waals surface area contributed by atoms with Crippen LogP contribution < -0.4 is 4.72 Å². The number of sulfonamides is 1. The molecule has 1 aliphatic rings. The van der Waals surface area contributed by atoms with Gasteiger partial charge in [-0.15, -0.1) is 0 Å². The van der Waals surface area contributed by atoms with Crippen molar-refractivity contribution in [2.24, 2.45) is 0 Å². The summed E-state index contributed by atoms with van der Waals surface area (Å²) in [4.78, 5) is 2.50. The summed E-state index contributed by atoms with van der Waals surface area (Å²) in [6.45, 7) is 4.62. The molecule has 3 rings (SSSR count). The fourth-order valence-electron chi connectivity index (χ4n) is 4.06. The van der Waals surface area contributed by atoms with Crippen LogP contribution in [0.3, 0.4) is 0 Å². The van der Waals surface area contributed by atoms with Crippen molar-refractivity contribution in [2.75, 3.05) is 13.1 Å². The van der Waals surface area contributed by atoms with Crippen molar-refractivity contribution in [3.63, 3.8) is 0 Å². The third-order valence-corrected chi connectivity index (χ3v) is 7.02. The molecule has 1 aliphatic heterocycles. The van der Waals surface area contributed by atoms with Crippen LogP contribution in [0.25, 0.3) is 10.8 Å². The standard InChI is InChI=1S/C22H30N2O3S/c1-3-18-11-8-12-19(4-2)24(18)16-20(25)15-23-28(26,27)22-14-7-10-17-9-5-6-13-21(17)22/h3,5-7,9-10,13-14,19-20,23,25H,4,8,11-12,15-16H2,1-2H3/b18-3+/t19-,20+/m1/s1. The maximum absolute atomic E-state index is 12.8. The highest BCUT2D eigenvalue weighted by Crippen LogP contribution is 2.28. The Hall–Kier alpha value is -1.89. The van der Waals surface area contributed by atoms with Crippen LogP contribution in [0, 0.1) is 0 Å². The summed E-state index contributed by atoms with van der Waals surface area (Å²) in [6, 6.07) is 13.1. The lowest BCUT2D eigenvalue weighted by molar-refractivity contribution is 0.0937. The van der Waals surface area contributed by atoms with Gasteiger partial charge in [0.05, 0.1) is 11.0 Å². The van der Waals surface area contributed by atoms with Gasteiger partial charge < -0.3 is 10.0 Å². The summed E-state index contributed by atoms with van der Waals surface area (Å²) in [7, 11) is -3.70. The molecule has 1 fully saturated rings. The predicted octanol–water partition coefficient (Wildman–Crippen LogP) is 3.65. The van der Waals surface area contributed by atoms with Crippen LogP contribution in [-0.2, 0) is 10.0 Å². The summed E-state index contributed by atoms with van der Waals surface area (Å²) in [6.07, 6.45) is 5.65. The molecule has 0 spiro atoms. The number of aliphatic hydroxyl groups excluding tert-OH is 1. The van der Waals surface area contributed by atoms with E-state index in [1.54, 1.807) is 18.2 Å². The molecule has 2 atom stereocenters. The van der Waals surface area contributed by atoms with Crippen molar-refractivity contribution >= 4 is 20.8 Å². The molecule has 152 valence electrons. The molecule has 0 amide bonds. The van der Waals surface area contributed by atoms with E-state index < -0.39 is 16.1 Å². The minimum atomic E-state index is -3.70. The Labute approximate surface area is 168 Å². The Morgan fingerprint density at radius 2 is 2.00 bits per heavy atom. The van der Waals surface area contributed by atoms with Crippen LogP contribution in [0.4, 0.5) is 0 Å². The Kier molecular flexibility index (Phi) is 6.75. The first-order chi connectivity index (χ1) is 13.5. The largest absolute Gasteiger partial charge is 0.390 e. The lowest BCUT2D eigenvalue weighted by Gasteiger charge is -2.40. The van der Waals surface area contributed by atoms with Crippen molar-refractivity contribution in [3.8, 4) is 0 Å².